The summed E-state index contributed by atoms with van der Waals surface area (Å²) >= 11 is 0. The smallest absolute Gasteiger partial charge is 0.304 e. The van der Waals surface area contributed by atoms with Crippen LogP contribution < -0.4 is 0 Å². The third-order valence-corrected chi connectivity index (χ3v) is 17.8. The van der Waals surface area contributed by atoms with Gasteiger partial charge in [0.05, 0.1) is 36.0 Å². The predicted molar refractivity (Wildman–Crippen MR) is 300 cm³/mol. The number of aryl methyl sites for hydroxylation is 8. The third kappa shape index (κ3) is 9.22. The molecule has 0 aliphatic carbocycles. The van der Waals surface area contributed by atoms with Crippen molar-refractivity contribution in [3.63, 3.8) is 0 Å². The van der Waals surface area contributed by atoms with E-state index in [2.05, 4.69) is 80.7 Å². The summed E-state index contributed by atoms with van der Waals surface area (Å²) < 4.78 is 3.71. The average Bonchev–Trinajstić information content (AvgIpc) is 4.29. The summed E-state index contributed by atoms with van der Waals surface area (Å²) in [5, 5.41) is 37.1. The molecule has 6 heterocycles. The predicted octanol–water partition coefficient (Wildman–Crippen LogP) is 11.8. The van der Waals surface area contributed by atoms with Crippen LogP contribution in [0.1, 0.15) is 175 Å². The Balaban J connectivity index is 0.000000165. The fraction of sp³-hybridized carbons (Fsp3) is 0.375. The molecule has 4 aliphatic rings. The van der Waals surface area contributed by atoms with Gasteiger partial charge in [0.15, 0.2) is 0 Å². The second kappa shape index (κ2) is 20.8. The van der Waals surface area contributed by atoms with E-state index in [0.717, 1.165) is 140 Å². The normalized spacial score (nSPS) is 18.8. The zero-order valence-electron chi connectivity index (χ0n) is 45.9. The van der Waals surface area contributed by atoms with Crippen LogP contribution in [0, 0.1) is 41.5 Å². The Kier molecular flexibility index (Phi) is 13.9. The van der Waals surface area contributed by atoms with Crippen molar-refractivity contribution in [3.8, 4) is 0 Å². The topological polar surface area (TPSA) is 177 Å². The number of amides is 2. The highest BCUT2D eigenvalue weighted by Crippen LogP contribution is 2.48. The molecule has 6 aromatic carbocycles. The van der Waals surface area contributed by atoms with Crippen molar-refractivity contribution in [1.29, 1.82) is 0 Å². The lowest BCUT2D eigenvalue weighted by Gasteiger charge is -2.37. The lowest BCUT2D eigenvalue weighted by molar-refractivity contribution is -0.138. The fourth-order valence-corrected chi connectivity index (χ4v) is 13.4. The zero-order valence-corrected chi connectivity index (χ0v) is 45.9. The summed E-state index contributed by atoms with van der Waals surface area (Å²) in [6, 6.07) is 33.2. The minimum absolute atomic E-state index is 0.00585. The maximum atomic E-state index is 13.7. The maximum Gasteiger partial charge on any atom is 0.304 e. The number of rotatable bonds is 12. The molecule has 6 atom stereocenters. The summed E-state index contributed by atoms with van der Waals surface area (Å²) in [7, 11) is 0. The molecule has 0 radical (unpaired) electrons. The van der Waals surface area contributed by atoms with Gasteiger partial charge in [-0.25, -0.2) is 9.36 Å². The Morgan fingerprint density at radius 3 is 1.29 bits per heavy atom. The van der Waals surface area contributed by atoms with Gasteiger partial charge in [-0.1, -0.05) is 71.1 Å². The minimum Gasteiger partial charge on any atom is -0.481 e. The summed E-state index contributed by atoms with van der Waals surface area (Å²) in [4.78, 5) is 55.8. The van der Waals surface area contributed by atoms with Crippen molar-refractivity contribution < 1.29 is 29.4 Å². The Labute approximate surface area is 455 Å². The summed E-state index contributed by atoms with van der Waals surface area (Å²) in [6.45, 7) is 17.7. The summed E-state index contributed by atoms with van der Waals surface area (Å²) in [6.07, 6.45) is 5.42. The molecule has 0 saturated carbocycles. The van der Waals surface area contributed by atoms with Crippen molar-refractivity contribution >= 4 is 45.8 Å². The molecule has 2 saturated heterocycles. The van der Waals surface area contributed by atoms with Crippen LogP contribution in [-0.2, 0) is 35.5 Å². The molecule has 78 heavy (non-hydrogen) atoms. The van der Waals surface area contributed by atoms with Gasteiger partial charge in [-0.2, -0.15) is 0 Å². The molecular formula is C64H68N8O6. The van der Waals surface area contributed by atoms with Gasteiger partial charge in [0.25, 0.3) is 11.8 Å². The van der Waals surface area contributed by atoms with Crippen LogP contribution in [0.4, 0.5) is 0 Å². The van der Waals surface area contributed by atoms with Crippen LogP contribution in [0.15, 0.2) is 97.1 Å². The van der Waals surface area contributed by atoms with Gasteiger partial charge in [0.2, 0.25) is 0 Å². The fourth-order valence-electron chi connectivity index (χ4n) is 13.4. The van der Waals surface area contributed by atoms with Crippen LogP contribution >= 0.6 is 0 Å². The molecule has 8 aromatic rings. The van der Waals surface area contributed by atoms with Crippen LogP contribution in [0.5, 0.6) is 0 Å². The molecule has 2 N–H and O–H groups in total. The Hall–Kier alpha value is -8.00. The van der Waals surface area contributed by atoms with Gasteiger partial charge >= 0.3 is 11.9 Å². The number of carbonyl (C=O) groups excluding carboxylic acids is 2. The molecule has 0 spiro atoms. The molecule has 14 nitrogen and oxygen atoms in total. The largest absolute Gasteiger partial charge is 0.481 e. The standard InChI is InChI=1S/2C32H34N4O3/c2*1-5-35-29-13-11-25(20(4)31(29)33-34-35)26(17-30(37)38)22-9-8-21-15-24-10-12-28(27(21)16-22)36(24)32(39)23-7-6-18(2)19(3)14-23/h2*6-9,11,13-14,16,24,26,28H,5,10,12,15,17H2,1-4H3,(H,37,38)/t24-,26+,28+;24-,26-,28+/m00/s1. The van der Waals surface area contributed by atoms with Gasteiger partial charge in [-0.15, -0.1) is 10.2 Å². The second-order valence-corrected chi connectivity index (χ2v) is 22.2. The average molecular weight is 1050 g/mol. The molecule has 2 fully saturated rings. The van der Waals surface area contributed by atoms with E-state index < -0.39 is 11.9 Å². The van der Waals surface area contributed by atoms with E-state index in [-0.39, 0.29) is 60.7 Å². The van der Waals surface area contributed by atoms with E-state index in [1.54, 1.807) is 0 Å². The molecule has 2 amide bonds. The van der Waals surface area contributed by atoms with E-state index in [1.165, 1.54) is 22.3 Å². The first-order valence-corrected chi connectivity index (χ1v) is 27.7. The van der Waals surface area contributed by atoms with Crippen molar-refractivity contribution in [1.82, 2.24) is 39.8 Å². The lowest BCUT2D eigenvalue weighted by atomic mass is 9.82. The summed E-state index contributed by atoms with van der Waals surface area (Å²) in [5.74, 6) is -2.17. The van der Waals surface area contributed by atoms with E-state index in [1.807, 2.05) is 112 Å². The molecule has 2 aromatic heterocycles. The first kappa shape index (κ1) is 52.1. The van der Waals surface area contributed by atoms with Crippen molar-refractivity contribution in [2.75, 3.05) is 0 Å². The van der Waals surface area contributed by atoms with Gasteiger partial charge < -0.3 is 20.0 Å². The highest BCUT2D eigenvalue weighted by atomic mass is 16.4. The Bertz CT molecular complexity index is 3480. The van der Waals surface area contributed by atoms with Crippen molar-refractivity contribution in [2.45, 2.75) is 156 Å². The molecule has 4 aliphatic heterocycles. The van der Waals surface area contributed by atoms with E-state index in [9.17, 15) is 29.4 Å². The Morgan fingerprint density at radius 1 is 0.513 bits per heavy atom. The van der Waals surface area contributed by atoms with Gasteiger partial charge in [0.1, 0.15) is 11.0 Å². The molecule has 14 heteroatoms. The third-order valence-electron chi connectivity index (χ3n) is 17.8. The summed E-state index contributed by atoms with van der Waals surface area (Å²) in [5.41, 5.74) is 20.2. The first-order chi connectivity index (χ1) is 37.5. The number of nitrogens with zero attached hydrogens (tertiary/aromatic N) is 8. The van der Waals surface area contributed by atoms with E-state index >= 15 is 0 Å². The zero-order chi connectivity index (χ0) is 54.8. The number of carboxylic acid groups (broad SMARTS) is 2. The number of aromatic nitrogens is 6. The number of carboxylic acids is 2. The van der Waals surface area contributed by atoms with E-state index in [0.29, 0.717) is 0 Å². The van der Waals surface area contributed by atoms with Crippen LogP contribution in [0.3, 0.4) is 0 Å². The highest BCUT2D eigenvalue weighted by molar-refractivity contribution is 5.96. The SMILES string of the molecule is CCn1nnc2c(C)c([C@@H](CC(=O)O)c3ccc4c(c3)[C@H]3CC[C@@H](C4)N3C(=O)c3ccc(C)c(C)c3)ccc21.CCn1nnc2c(C)c([C@H](CC(=O)O)c3ccc4c(c3)[C@H]3CC[C@@H](C4)N3C(=O)c3ccc(C)c(C)c3)ccc21. The second-order valence-electron chi connectivity index (χ2n) is 22.2. The van der Waals surface area contributed by atoms with Gasteiger partial charge in [0, 0.05) is 48.1 Å². The number of carbonyl (C=O) groups is 4. The number of benzene rings is 6. The number of hydrogen-bond donors (Lipinski definition) is 2. The molecule has 400 valence electrons. The van der Waals surface area contributed by atoms with Crippen LogP contribution in [-0.4, -0.2) is 85.8 Å². The van der Waals surface area contributed by atoms with Crippen molar-refractivity contribution in [3.05, 3.63) is 186 Å². The van der Waals surface area contributed by atoms with Crippen LogP contribution in [0.25, 0.3) is 22.1 Å². The van der Waals surface area contributed by atoms with Crippen LogP contribution in [0.2, 0.25) is 0 Å². The molecule has 0 unspecified atom stereocenters. The molecule has 4 bridgehead atoms. The quantitative estimate of drug-likeness (QED) is 0.120. The number of aliphatic carboxylic acids is 2. The highest BCUT2D eigenvalue weighted by Gasteiger charge is 2.45. The number of hydrogen-bond acceptors (Lipinski definition) is 8. The number of fused-ring (bicyclic) bond motifs is 10. The molecular weight excluding hydrogens is 977 g/mol. The van der Waals surface area contributed by atoms with Gasteiger partial charge in [-0.3, -0.25) is 19.2 Å². The monoisotopic (exact) mass is 1040 g/mol. The lowest BCUT2D eigenvalue weighted by Crippen LogP contribution is -2.42. The van der Waals surface area contributed by atoms with Gasteiger partial charge in [-0.05, 0) is 208 Å². The van der Waals surface area contributed by atoms with Crippen molar-refractivity contribution in [2.24, 2.45) is 0 Å². The van der Waals surface area contributed by atoms with E-state index in [4.69, 9.17) is 0 Å². The maximum absolute atomic E-state index is 13.7. The minimum atomic E-state index is -0.845. The molecule has 12 rings (SSSR count). The first-order valence-electron chi connectivity index (χ1n) is 27.7. The Morgan fingerprint density at radius 2 is 0.923 bits per heavy atom.